The second kappa shape index (κ2) is 13.7. The molecule has 0 aliphatic carbocycles. The Kier molecular flexibility index (Phi) is 9.89. The molecule has 2 amide bonds. The van der Waals surface area contributed by atoms with Gasteiger partial charge in [-0.1, -0.05) is 78.4 Å². The van der Waals surface area contributed by atoms with Gasteiger partial charge in [0.25, 0.3) is 11.8 Å². The lowest BCUT2D eigenvalue weighted by Gasteiger charge is -2.27. The van der Waals surface area contributed by atoms with Gasteiger partial charge in [0.15, 0.2) is 23.7 Å². The van der Waals surface area contributed by atoms with E-state index in [0.717, 1.165) is 5.56 Å². The minimum Gasteiger partial charge on any atom is -0.490 e. The number of hydrazone groups is 1. The summed E-state index contributed by atoms with van der Waals surface area (Å²) in [6.07, 6.45) is 1.43. The summed E-state index contributed by atoms with van der Waals surface area (Å²) in [7, 11) is 0. The minimum atomic E-state index is -1.95. The van der Waals surface area contributed by atoms with E-state index in [2.05, 4.69) is 31.8 Å². The molecule has 0 radical (unpaired) electrons. The van der Waals surface area contributed by atoms with Crippen molar-refractivity contribution in [1.29, 1.82) is 0 Å². The standard InChI is InChI=1S/C32H30BrN3O5/c1-3-40-28-19-23(18-27(33)30(28)41-21-29(37)35-26-16-14-22(2)15-17-26)20-34-36-31(38)32(39,24-10-6-4-7-11-24)25-12-8-5-9-13-25/h4-20,39H,3,21H2,1-2H3,(H,35,37)(H,36,38)/b34-20-. The summed E-state index contributed by atoms with van der Waals surface area (Å²) in [6, 6.07) is 28.2. The van der Waals surface area contributed by atoms with Crippen molar-refractivity contribution in [1.82, 2.24) is 5.43 Å². The Morgan fingerprint density at radius 3 is 2.12 bits per heavy atom. The number of nitrogens with zero attached hydrogens (tertiary/aromatic N) is 1. The third-order valence-electron chi connectivity index (χ3n) is 6.11. The predicted molar refractivity (Wildman–Crippen MR) is 162 cm³/mol. The molecule has 4 aromatic carbocycles. The van der Waals surface area contributed by atoms with Crippen LogP contribution in [-0.4, -0.2) is 36.3 Å². The summed E-state index contributed by atoms with van der Waals surface area (Å²) in [4.78, 5) is 25.7. The van der Waals surface area contributed by atoms with Crippen molar-refractivity contribution in [2.24, 2.45) is 5.10 Å². The summed E-state index contributed by atoms with van der Waals surface area (Å²) >= 11 is 3.48. The number of halogens is 1. The van der Waals surface area contributed by atoms with Gasteiger partial charge >= 0.3 is 0 Å². The van der Waals surface area contributed by atoms with Crippen LogP contribution >= 0.6 is 15.9 Å². The van der Waals surface area contributed by atoms with Gasteiger partial charge in [-0.3, -0.25) is 9.59 Å². The van der Waals surface area contributed by atoms with Crippen LogP contribution in [0.4, 0.5) is 5.69 Å². The molecule has 0 saturated heterocycles. The van der Waals surface area contributed by atoms with Gasteiger partial charge in [-0.15, -0.1) is 0 Å². The molecule has 210 valence electrons. The van der Waals surface area contributed by atoms with Crippen molar-refractivity contribution in [3.8, 4) is 11.5 Å². The maximum absolute atomic E-state index is 13.3. The molecule has 0 unspecified atom stereocenters. The van der Waals surface area contributed by atoms with Crippen LogP contribution in [0.1, 0.15) is 29.2 Å². The molecular weight excluding hydrogens is 586 g/mol. The van der Waals surface area contributed by atoms with E-state index in [1.165, 1.54) is 6.21 Å². The molecule has 0 aliphatic rings. The van der Waals surface area contributed by atoms with E-state index in [9.17, 15) is 14.7 Å². The van der Waals surface area contributed by atoms with Gasteiger partial charge in [0, 0.05) is 5.69 Å². The van der Waals surface area contributed by atoms with Crippen LogP contribution in [0.2, 0.25) is 0 Å². The number of aryl methyl sites for hydroxylation is 1. The Morgan fingerprint density at radius 1 is 0.927 bits per heavy atom. The average Bonchev–Trinajstić information content (AvgIpc) is 2.98. The molecule has 0 atom stereocenters. The number of carbonyl (C=O) groups is 2. The number of carbonyl (C=O) groups excluding carboxylic acids is 2. The van der Waals surface area contributed by atoms with Gasteiger partial charge in [0.05, 0.1) is 17.3 Å². The topological polar surface area (TPSA) is 109 Å². The van der Waals surface area contributed by atoms with E-state index in [-0.39, 0.29) is 12.5 Å². The Balaban J connectivity index is 1.48. The van der Waals surface area contributed by atoms with Crippen molar-refractivity contribution in [3.63, 3.8) is 0 Å². The number of aliphatic hydroxyl groups is 1. The van der Waals surface area contributed by atoms with E-state index < -0.39 is 11.5 Å². The van der Waals surface area contributed by atoms with Crippen LogP contribution in [0.15, 0.2) is 107 Å². The molecule has 3 N–H and O–H groups in total. The quantitative estimate of drug-likeness (QED) is 0.151. The first-order valence-electron chi connectivity index (χ1n) is 12.9. The van der Waals surface area contributed by atoms with E-state index in [1.54, 1.807) is 60.7 Å². The molecule has 8 nitrogen and oxygen atoms in total. The van der Waals surface area contributed by atoms with Crippen LogP contribution in [0, 0.1) is 6.92 Å². The van der Waals surface area contributed by atoms with Gasteiger partial charge in [0.2, 0.25) is 0 Å². The van der Waals surface area contributed by atoms with Gasteiger partial charge < -0.3 is 19.9 Å². The smallest absolute Gasteiger partial charge is 0.281 e. The summed E-state index contributed by atoms with van der Waals surface area (Å²) in [6.45, 7) is 3.93. The van der Waals surface area contributed by atoms with Crippen molar-refractivity contribution >= 4 is 39.6 Å². The van der Waals surface area contributed by atoms with Crippen LogP contribution in [-0.2, 0) is 15.2 Å². The number of nitrogens with one attached hydrogen (secondary N) is 2. The van der Waals surface area contributed by atoms with Gasteiger partial charge in [-0.2, -0.15) is 5.10 Å². The fraction of sp³-hybridized carbons (Fsp3) is 0.156. The number of hydrogen-bond acceptors (Lipinski definition) is 6. The third-order valence-corrected chi connectivity index (χ3v) is 6.70. The lowest BCUT2D eigenvalue weighted by molar-refractivity contribution is -0.136. The zero-order valence-corrected chi connectivity index (χ0v) is 24.2. The van der Waals surface area contributed by atoms with Gasteiger partial charge in [0.1, 0.15) is 0 Å². The Labute approximate surface area is 247 Å². The summed E-state index contributed by atoms with van der Waals surface area (Å²) < 4.78 is 12.1. The highest BCUT2D eigenvalue weighted by atomic mass is 79.9. The first kappa shape index (κ1) is 29.5. The zero-order valence-electron chi connectivity index (χ0n) is 22.6. The summed E-state index contributed by atoms with van der Waals surface area (Å²) in [5.41, 5.74) is 3.68. The highest BCUT2D eigenvalue weighted by Crippen LogP contribution is 2.37. The lowest BCUT2D eigenvalue weighted by Crippen LogP contribution is -2.43. The van der Waals surface area contributed by atoms with Crippen LogP contribution in [0.5, 0.6) is 11.5 Å². The van der Waals surface area contributed by atoms with Gasteiger partial charge in [-0.05, 0) is 70.7 Å². The minimum absolute atomic E-state index is 0.229. The number of rotatable bonds is 11. The Bertz CT molecular complexity index is 1470. The van der Waals surface area contributed by atoms with E-state index in [0.29, 0.717) is 45.0 Å². The maximum Gasteiger partial charge on any atom is 0.281 e. The molecule has 0 saturated carbocycles. The van der Waals surface area contributed by atoms with Crippen molar-refractivity contribution in [3.05, 3.63) is 124 Å². The Hall–Kier alpha value is -4.47. The monoisotopic (exact) mass is 615 g/mol. The third kappa shape index (κ3) is 7.39. The van der Waals surface area contributed by atoms with Gasteiger partial charge in [-0.25, -0.2) is 5.43 Å². The first-order valence-corrected chi connectivity index (χ1v) is 13.7. The molecule has 4 aromatic rings. The van der Waals surface area contributed by atoms with Crippen molar-refractivity contribution in [2.75, 3.05) is 18.5 Å². The molecule has 0 aromatic heterocycles. The fourth-order valence-corrected chi connectivity index (χ4v) is 4.65. The highest BCUT2D eigenvalue weighted by Gasteiger charge is 2.39. The Morgan fingerprint density at radius 2 is 1.54 bits per heavy atom. The maximum atomic E-state index is 13.3. The molecule has 41 heavy (non-hydrogen) atoms. The second-order valence-electron chi connectivity index (χ2n) is 9.11. The largest absolute Gasteiger partial charge is 0.490 e. The first-order chi connectivity index (χ1) is 19.8. The zero-order chi connectivity index (χ0) is 29.2. The molecule has 0 heterocycles. The van der Waals surface area contributed by atoms with E-state index >= 15 is 0 Å². The van der Waals surface area contributed by atoms with Crippen LogP contribution < -0.4 is 20.2 Å². The molecule has 0 bridgehead atoms. The SMILES string of the molecule is CCOc1cc(/C=N\NC(=O)C(O)(c2ccccc2)c2ccccc2)cc(Br)c1OCC(=O)Nc1ccc(C)cc1. The average molecular weight is 617 g/mol. The number of ether oxygens (including phenoxy) is 2. The lowest BCUT2D eigenvalue weighted by atomic mass is 9.85. The van der Waals surface area contributed by atoms with Crippen LogP contribution in [0.3, 0.4) is 0 Å². The van der Waals surface area contributed by atoms with Crippen molar-refractivity contribution < 1.29 is 24.2 Å². The molecule has 0 fully saturated rings. The molecule has 0 spiro atoms. The van der Waals surface area contributed by atoms with E-state index in [4.69, 9.17) is 9.47 Å². The van der Waals surface area contributed by atoms with E-state index in [1.807, 2.05) is 50.2 Å². The normalized spacial score (nSPS) is 11.2. The number of benzene rings is 4. The second-order valence-corrected chi connectivity index (χ2v) is 9.96. The molecule has 9 heteroatoms. The number of anilines is 1. The molecule has 0 aliphatic heterocycles. The molecular formula is C32H30BrN3O5. The van der Waals surface area contributed by atoms with Crippen LogP contribution in [0.25, 0.3) is 0 Å². The number of amides is 2. The number of hydrogen-bond donors (Lipinski definition) is 3. The highest BCUT2D eigenvalue weighted by molar-refractivity contribution is 9.10. The fourth-order valence-electron chi connectivity index (χ4n) is 4.07. The summed E-state index contributed by atoms with van der Waals surface area (Å²) in [5, 5.41) is 18.4. The predicted octanol–water partition coefficient (Wildman–Crippen LogP) is 5.56. The van der Waals surface area contributed by atoms with Crippen molar-refractivity contribution in [2.45, 2.75) is 19.4 Å². The summed E-state index contributed by atoms with van der Waals surface area (Å²) in [5.74, 6) is -0.284. The molecule has 4 rings (SSSR count).